The van der Waals surface area contributed by atoms with Crippen LogP contribution in [0.1, 0.15) is 30.4 Å². The second-order valence-corrected chi connectivity index (χ2v) is 7.10. The van der Waals surface area contributed by atoms with Gasteiger partial charge in [0.05, 0.1) is 11.0 Å². The van der Waals surface area contributed by atoms with Crippen LogP contribution in [0.5, 0.6) is 0 Å². The highest BCUT2D eigenvalue weighted by molar-refractivity contribution is 6.50. The van der Waals surface area contributed by atoms with Crippen molar-refractivity contribution in [3.8, 4) is 0 Å². The van der Waals surface area contributed by atoms with Gasteiger partial charge in [0.2, 0.25) is 0 Å². The molecule has 0 saturated heterocycles. The van der Waals surface area contributed by atoms with Gasteiger partial charge in [0.25, 0.3) is 0 Å². The first-order chi connectivity index (χ1) is 12.7. The molecule has 0 fully saturated rings. The van der Waals surface area contributed by atoms with Crippen LogP contribution in [0.2, 0.25) is 0 Å². The van der Waals surface area contributed by atoms with Gasteiger partial charge in [0, 0.05) is 16.5 Å². The molecule has 1 aromatic heterocycles. The molecule has 2 N–H and O–H groups in total. The van der Waals surface area contributed by atoms with Crippen molar-refractivity contribution in [3.05, 3.63) is 71.2 Å². The lowest BCUT2D eigenvalue weighted by Gasteiger charge is -2.18. The highest BCUT2D eigenvalue weighted by Crippen LogP contribution is 2.39. The standard InChI is InChI=1S/C22H20BNO2/c25-23(26)16-10-12-17(13-11-16)24-20-8-4-3-7-19(20)22-18-6-2-1-5-15(18)9-14-21(22)24/h2-4,6-10,12,14,25-26H,1,5,11,13H2. The number of aromatic nitrogens is 1. The van der Waals surface area contributed by atoms with Gasteiger partial charge in [-0.15, -0.1) is 0 Å². The van der Waals surface area contributed by atoms with Crippen molar-refractivity contribution in [2.45, 2.75) is 25.7 Å². The Morgan fingerprint density at radius 3 is 2.58 bits per heavy atom. The Morgan fingerprint density at radius 2 is 1.77 bits per heavy atom. The third-order valence-corrected chi connectivity index (χ3v) is 5.61. The quantitative estimate of drug-likeness (QED) is 0.682. The fourth-order valence-corrected chi connectivity index (χ4v) is 4.33. The Morgan fingerprint density at radius 1 is 0.885 bits per heavy atom. The van der Waals surface area contributed by atoms with E-state index in [0.29, 0.717) is 11.9 Å². The largest absolute Gasteiger partial charge is 0.484 e. The van der Waals surface area contributed by atoms with Crippen molar-refractivity contribution in [3.63, 3.8) is 0 Å². The summed E-state index contributed by atoms with van der Waals surface area (Å²) in [4.78, 5) is 0. The van der Waals surface area contributed by atoms with E-state index < -0.39 is 7.12 Å². The molecule has 5 rings (SSSR count). The van der Waals surface area contributed by atoms with Crippen molar-refractivity contribution in [1.82, 2.24) is 4.57 Å². The molecular formula is C22H20BNO2. The molecule has 3 aromatic rings. The minimum atomic E-state index is -1.36. The summed E-state index contributed by atoms with van der Waals surface area (Å²) in [6, 6.07) is 13.1. The molecule has 0 amide bonds. The van der Waals surface area contributed by atoms with Crippen LogP contribution in [-0.2, 0) is 6.42 Å². The Labute approximate surface area is 152 Å². The van der Waals surface area contributed by atoms with Gasteiger partial charge in [-0.3, -0.25) is 0 Å². The molecule has 26 heavy (non-hydrogen) atoms. The van der Waals surface area contributed by atoms with Crippen molar-refractivity contribution in [1.29, 1.82) is 0 Å². The molecule has 0 spiro atoms. The van der Waals surface area contributed by atoms with Crippen LogP contribution in [0, 0.1) is 0 Å². The maximum absolute atomic E-state index is 9.41. The van der Waals surface area contributed by atoms with Crippen molar-refractivity contribution in [2.24, 2.45) is 0 Å². The molecule has 3 nitrogen and oxygen atoms in total. The van der Waals surface area contributed by atoms with E-state index in [1.165, 1.54) is 38.6 Å². The predicted molar refractivity (Wildman–Crippen MR) is 109 cm³/mol. The molecule has 0 saturated carbocycles. The Kier molecular flexibility index (Phi) is 3.62. The second kappa shape index (κ2) is 6.01. The van der Waals surface area contributed by atoms with E-state index in [4.69, 9.17) is 0 Å². The van der Waals surface area contributed by atoms with E-state index in [1.807, 2.05) is 12.2 Å². The smallest absolute Gasteiger partial charge is 0.423 e. The van der Waals surface area contributed by atoms with E-state index in [9.17, 15) is 10.0 Å². The predicted octanol–water partition coefficient (Wildman–Crippen LogP) is 4.33. The van der Waals surface area contributed by atoms with Crippen molar-refractivity contribution >= 4 is 40.7 Å². The summed E-state index contributed by atoms with van der Waals surface area (Å²) in [5, 5.41) is 21.4. The molecule has 4 heteroatoms. The first-order valence-corrected chi connectivity index (χ1v) is 9.22. The highest BCUT2D eigenvalue weighted by atomic mass is 16.4. The van der Waals surface area contributed by atoms with E-state index in [-0.39, 0.29) is 0 Å². The number of rotatable bonds is 2. The molecule has 1 heterocycles. The van der Waals surface area contributed by atoms with Crippen LogP contribution in [0.3, 0.4) is 0 Å². The molecule has 128 valence electrons. The summed E-state index contributed by atoms with van der Waals surface area (Å²) in [5.74, 6) is 0. The fraction of sp³-hybridized carbons (Fsp3) is 0.182. The number of hydrogen-bond acceptors (Lipinski definition) is 2. The second-order valence-electron chi connectivity index (χ2n) is 7.10. The maximum Gasteiger partial charge on any atom is 0.484 e. The number of fused-ring (bicyclic) bond motifs is 5. The summed E-state index contributed by atoms with van der Waals surface area (Å²) in [7, 11) is -1.36. The van der Waals surface area contributed by atoms with E-state index >= 15 is 0 Å². The lowest BCUT2D eigenvalue weighted by atomic mass is 9.74. The van der Waals surface area contributed by atoms with Crippen LogP contribution in [-0.4, -0.2) is 21.7 Å². The fourth-order valence-electron chi connectivity index (χ4n) is 4.33. The van der Waals surface area contributed by atoms with Crippen LogP contribution in [0.25, 0.3) is 33.6 Å². The van der Waals surface area contributed by atoms with E-state index in [0.717, 1.165) is 19.3 Å². The molecule has 0 aliphatic heterocycles. The molecule has 0 bridgehead atoms. The first-order valence-electron chi connectivity index (χ1n) is 9.22. The SMILES string of the molecule is OB(O)C1=CC=C(n2c3ccccc3c3c4c(ccc32)CCC=C4)CC1. The zero-order chi connectivity index (χ0) is 17.7. The molecule has 0 unspecified atom stereocenters. The monoisotopic (exact) mass is 341 g/mol. The normalized spacial score (nSPS) is 16.5. The first kappa shape index (κ1) is 15.7. The average molecular weight is 341 g/mol. The minimum absolute atomic E-state index is 0.669. The Hall–Kier alpha value is -2.56. The summed E-state index contributed by atoms with van der Waals surface area (Å²) < 4.78 is 2.34. The van der Waals surface area contributed by atoms with Gasteiger partial charge >= 0.3 is 7.12 Å². The Balaban J connectivity index is 1.82. The zero-order valence-corrected chi connectivity index (χ0v) is 14.5. The zero-order valence-electron chi connectivity index (χ0n) is 14.5. The van der Waals surface area contributed by atoms with Gasteiger partial charge in [-0.2, -0.15) is 0 Å². The molecule has 2 aliphatic rings. The van der Waals surface area contributed by atoms with Gasteiger partial charge in [0.1, 0.15) is 0 Å². The summed E-state index contributed by atoms with van der Waals surface area (Å²) in [6.45, 7) is 0. The third-order valence-electron chi connectivity index (χ3n) is 5.61. The van der Waals surface area contributed by atoms with Crippen LogP contribution in [0.15, 0.2) is 60.1 Å². The maximum atomic E-state index is 9.41. The lowest BCUT2D eigenvalue weighted by Crippen LogP contribution is -2.17. The lowest BCUT2D eigenvalue weighted by molar-refractivity contribution is 0.416. The van der Waals surface area contributed by atoms with Crippen molar-refractivity contribution < 1.29 is 10.0 Å². The minimum Gasteiger partial charge on any atom is -0.423 e. The van der Waals surface area contributed by atoms with E-state index in [2.05, 4.69) is 53.1 Å². The van der Waals surface area contributed by atoms with Crippen LogP contribution in [0.4, 0.5) is 0 Å². The number of aryl methyl sites for hydroxylation is 1. The summed E-state index contributed by atoms with van der Waals surface area (Å²) >= 11 is 0. The van der Waals surface area contributed by atoms with Gasteiger partial charge < -0.3 is 14.6 Å². The van der Waals surface area contributed by atoms with Gasteiger partial charge in [0.15, 0.2) is 0 Å². The van der Waals surface area contributed by atoms with Crippen LogP contribution < -0.4 is 0 Å². The molecule has 0 radical (unpaired) electrons. The number of benzene rings is 2. The summed E-state index contributed by atoms with van der Waals surface area (Å²) in [6.07, 6.45) is 12.1. The highest BCUT2D eigenvalue weighted by Gasteiger charge is 2.21. The van der Waals surface area contributed by atoms with Gasteiger partial charge in [-0.25, -0.2) is 0 Å². The number of nitrogens with zero attached hydrogens (tertiary/aromatic N) is 1. The number of para-hydroxylation sites is 1. The van der Waals surface area contributed by atoms with Crippen LogP contribution >= 0.6 is 0 Å². The molecule has 2 aromatic carbocycles. The number of hydrogen-bond donors (Lipinski definition) is 2. The molecule has 2 aliphatic carbocycles. The van der Waals surface area contributed by atoms with Gasteiger partial charge in [-0.05, 0) is 60.5 Å². The summed E-state index contributed by atoms with van der Waals surface area (Å²) in [5.41, 5.74) is 7.08. The Bertz CT molecular complexity index is 1120. The topological polar surface area (TPSA) is 45.4 Å². The third kappa shape index (κ3) is 2.30. The molecular weight excluding hydrogens is 321 g/mol. The average Bonchev–Trinajstić information content (AvgIpc) is 3.03. The number of allylic oxidation sites excluding steroid dienone is 5. The molecule has 0 atom stereocenters. The van der Waals surface area contributed by atoms with E-state index in [1.54, 1.807) is 0 Å². The van der Waals surface area contributed by atoms with Crippen molar-refractivity contribution in [2.75, 3.05) is 0 Å². The van der Waals surface area contributed by atoms with Gasteiger partial charge in [-0.1, -0.05) is 42.5 Å².